The summed E-state index contributed by atoms with van der Waals surface area (Å²) in [5.41, 5.74) is 2.01. The van der Waals surface area contributed by atoms with E-state index in [2.05, 4.69) is 54.5 Å². The zero-order chi connectivity index (χ0) is 23.8. The SMILES string of the molecule is O=C1NC(=Nc2ccc3c(ccn3CCN3CCCC3)c2)S/C1=C\c1cnc(NC(=O)C2CC2)s1. The average molecular weight is 507 g/mol. The summed E-state index contributed by atoms with van der Waals surface area (Å²) in [7, 11) is 0. The number of aromatic nitrogens is 2. The van der Waals surface area contributed by atoms with Crippen LogP contribution in [0.5, 0.6) is 0 Å². The van der Waals surface area contributed by atoms with E-state index in [9.17, 15) is 9.59 Å². The number of carbonyl (C=O) groups is 2. The number of nitrogens with one attached hydrogen (secondary N) is 2. The number of hydrogen-bond acceptors (Lipinski definition) is 7. The van der Waals surface area contributed by atoms with Crippen LogP contribution in [0.3, 0.4) is 0 Å². The van der Waals surface area contributed by atoms with Crippen molar-refractivity contribution in [2.24, 2.45) is 10.9 Å². The Morgan fingerprint density at radius 1 is 1.23 bits per heavy atom. The van der Waals surface area contributed by atoms with Gasteiger partial charge in [-0.3, -0.25) is 9.59 Å². The second kappa shape index (κ2) is 9.60. The van der Waals surface area contributed by atoms with Crippen molar-refractivity contribution < 1.29 is 9.59 Å². The molecule has 180 valence electrons. The quantitative estimate of drug-likeness (QED) is 0.463. The molecule has 0 bridgehead atoms. The lowest BCUT2D eigenvalue weighted by Gasteiger charge is -2.15. The van der Waals surface area contributed by atoms with Gasteiger partial charge in [0, 0.05) is 42.3 Å². The fourth-order valence-electron chi connectivity index (χ4n) is 4.40. The van der Waals surface area contributed by atoms with Crippen LogP contribution >= 0.6 is 23.1 Å². The number of carbonyl (C=O) groups excluding carboxylic acids is 2. The molecule has 0 radical (unpaired) electrons. The van der Waals surface area contributed by atoms with Gasteiger partial charge in [0.15, 0.2) is 10.3 Å². The Balaban J connectivity index is 1.12. The summed E-state index contributed by atoms with van der Waals surface area (Å²) in [6.45, 7) is 4.49. The molecule has 2 aromatic heterocycles. The molecule has 3 aromatic rings. The molecule has 2 N–H and O–H groups in total. The van der Waals surface area contributed by atoms with Crippen molar-refractivity contribution in [3.63, 3.8) is 0 Å². The predicted octanol–water partition coefficient (Wildman–Crippen LogP) is 4.43. The molecule has 8 nitrogen and oxygen atoms in total. The second-order valence-corrected chi connectivity index (χ2v) is 11.2. The number of nitrogens with zero attached hydrogens (tertiary/aromatic N) is 4. The number of fused-ring (bicyclic) bond motifs is 1. The van der Waals surface area contributed by atoms with Crippen molar-refractivity contribution in [2.45, 2.75) is 32.2 Å². The first-order valence-corrected chi connectivity index (χ1v) is 13.6. The van der Waals surface area contributed by atoms with Crippen molar-refractivity contribution in [1.82, 2.24) is 19.8 Å². The summed E-state index contributed by atoms with van der Waals surface area (Å²) in [5.74, 6) is -0.0249. The molecule has 35 heavy (non-hydrogen) atoms. The predicted molar refractivity (Wildman–Crippen MR) is 142 cm³/mol. The van der Waals surface area contributed by atoms with Gasteiger partial charge in [-0.15, -0.1) is 0 Å². The number of rotatable bonds is 7. The van der Waals surface area contributed by atoms with Crippen molar-refractivity contribution in [3.8, 4) is 0 Å². The van der Waals surface area contributed by atoms with Crippen molar-refractivity contribution in [2.75, 3.05) is 25.0 Å². The van der Waals surface area contributed by atoms with Gasteiger partial charge in [-0.25, -0.2) is 9.98 Å². The Hall–Kier alpha value is -2.95. The fourth-order valence-corrected chi connectivity index (χ4v) is 6.07. The number of thioether (sulfide) groups is 1. The van der Waals surface area contributed by atoms with E-state index in [1.54, 1.807) is 12.3 Å². The van der Waals surface area contributed by atoms with E-state index in [1.165, 1.54) is 54.5 Å². The second-order valence-electron chi connectivity index (χ2n) is 9.11. The molecule has 3 aliphatic rings. The van der Waals surface area contributed by atoms with E-state index in [-0.39, 0.29) is 17.7 Å². The van der Waals surface area contributed by atoms with Crippen LogP contribution in [0, 0.1) is 5.92 Å². The van der Waals surface area contributed by atoms with Crippen LogP contribution in [0.25, 0.3) is 17.0 Å². The molecule has 1 aliphatic carbocycles. The summed E-state index contributed by atoms with van der Waals surface area (Å²) in [4.78, 5) is 37.2. The highest BCUT2D eigenvalue weighted by atomic mass is 32.2. The van der Waals surface area contributed by atoms with Gasteiger partial charge < -0.3 is 20.1 Å². The normalized spacial score (nSPS) is 20.9. The minimum Gasteiger partial charge on any atom is -0.346 e. The fraction of sp³-hybridized carbons (Fsp3) is 0.360. The molecule has 1 saturated carbocycles. The minimum absolute atomic E-state index is 0.0276. The van der Waals surface area contributed by atoms with Gasteiger partial charge in [0.25, 0.3) is 5.91 Å². The largest absolute Gasteiger partial charge is 0.346 e. The molecular weight excluding hydrogens is 480 g/mol. The number of hydrogen-bond donors (Lipinski definition) is 2. The molecule has 6 rings (SSSR count). The summed E-state index contributed by atoms with van der Waals surface area (Å²) >= 11 is 2.67. The van der Waals surface area contributed by atoms with Crippen LogP contribution in [0.4, 0.5) is 10.8 Å². The Labute approximate surface area is 211 Å². The molecule has 10 heteroatoms. The third kappa shape index (κ3) is 5.19. The van der Waals surface area contributed by atoms with E-state index >= 15 is 0 Å². The molecule has 4 heterocycles. The number of thiazole rings is 1. The maximum atomic E-state index is 12.5. The highest BCUT2D eigenvalue weighted by molar-refractivity contribution is 8.18. The molecule has 1 aromatic carbocycles. The number of anilines is 1. The molecule has 2 aliphatic heterocycles. The first-order valence-electron chi connectivity index (χ1n) is 12.0. The summed E-state index contributed by atoms with van der Waals surface area (Å²) < 4.78 is 2.30. The highest BCUT2D eigenvalue weighted by Gasteiger charge is 2.30. The zero-order valence-corrected chi connectivity index (χ0v) is 20.8. The third-order valence-corrected chi connectivity index (χ3v) is 8.24. The van der Waals surface area contributed by atoms with Crippen LogP contribution in [0.2, 0.25) is 0 Å². The summed E-state index contributed by atoms with van der Waals surface area (Å²) in [6.07, 6.45) is 10.1. The zero-order valence-electron chi connectivity index (χ0n) is 19.2. The Morgan fingerprint density at radius 2 is 2.09 bits per heavy atom. The molecule has 0 atom stereocenters. The van der Waals surface area contributed by atoms with E-state index in [4.69, 9.17) is 0 Å². The smallest absolute Gasteiger partial charge is 0.264 e. The van der Waals surface area contributed by atoms with Gasteiger partial charge in [-0.05, 0) is 80.9 Å². The van der Waals surface area contributed by atoms with E-state index in [0.29, 0.717) is 15.2 Å². The molecule has 2 amide bonds. The van der Waals surface area contributed by atoms with Crippen molar-refractivity contribution in [3.05, 3.63) is 46.4 Å². The minimum atomic E-state index is -0.181. The highest BCUT2D eigenvalue weighted by Crippen LogP contribution is 2.33. The van der Waals surface area contributed by atoms with Gasteiger partial charge in [0.1, 0.15) is 0 Å². The summed E-state index contributed by atoms with van der Waals surface area (Å²) in [5, 5.41) is 7.95. The van der Waals surface area contributed by atoms with Crippen molar-refractivity contribution in [1.29, 1.82) is 0 Å². The molecule has 2 saturated heterocycles. The number of likely N-dealkylation sites (tertiary alicyclic amines) is 1. The van der Waals surface area contributed by atoms with E-state index in [1.807, 2.05) is 6.07 Å². The van der Waals surface area contributed by atoms with Crippen LogP contribution in [0.1, 0.15) is 30.6 Å². The molecule has 3 fully saturated rings. The summed E-state index contributed by atoms with van der Waals surface area (Å²) in [6, 6.07) is 8.28. The molecular formula is C25H26N6O2S2. The van der Waals surface area contributed by atoms with Gasteiger partial charge in [-0.2, -0.15) is 0 Å². The lowest BCUT2D eigenvalue weighted by molar-refractivity contribution is -0.117. The van der Waals surface area contributed by atoms with Crippen LogP contribution < -0.4 is 10.6 Å². The Bertz CT molecular complexity index is 1350. The maximum Gasteiger partial charge on any atom is 0.264 e. The lowest BCUT2D eigenvalue weighted by atomic mass is 10.2. The van der Waals surface area contributed by atoms with Gasteiger partial charge in [0.2, 0.25) is 5.91 Å². The topological polar surface area (TPSA) is 91.6 Å². The van der Waals surface area contributed by atoms with Crippen LogP contribution in [-0.2, 0) is 16.1 Å². The third-order valence-electron chi connectivity index (χ3n) is 6.47. The molecule has 0 spiro atoms. The lowest BCUT2D eigenvalue weighted by Crippen LogP contribution is -2.23. The standard InChI is InChI=1S/C25H26N6O2S2/c32-22(16-3-4-16)28-24-26-15-19(34-24)14-21-23(33)29-25(35-21)27-18-5-6-20-17(13-18)7-10-31(20)12-11-30-8-1-2-9-30/h5-7,10,13-16H,1-4,8-9,11-12H2,(H,26,28,32)(H,27,29,33)/b21-14-. The van der Waals surface area contributed by atoms with Gasteiger partial charge >= 0.3 is 0 Å². The number of benzene rings is 1. The Kier molecular flexibility index (Phi) is 6.17. The van der Waals surface area contributed by atoms with Crippen molar-refractivity contribution >= 4 is 67.9 Å². The van der Waals surface area contributed by atoms with E-state index in [0.717, 1.165) is 41.9 Å². The average Bonchev–Trinajstić information content (AvgIpc) is 3.16. The maximum absolute atomic E-state index is 12.5. The van der Waals surface area contributed by atoms with Gasteiger partial charge in [-0.1, -0.05) is 11.3 Å². The first-order chi connectivity index (χ1) is 17.1. The van der Waals surface area contributed by atoms with Crippen LogP contribution in [0.15, 0.2) is 46.6 Å². The number of amidine groups is 1. The molecule has 0 unspecified atom stereocenters. The number of aliphatic imine (C=N–C) groups is 1. The monoisotopic (exact) mass is 506 g/mol. The number of amides is 2. The van der Waals surface area contributed by atoms with Gasteiger partial charge in [0.05, 0.1) is 15.5 Å². The first kappa shape index (κ1) is 22.5. The van der Waals surface area contributed by atoms with Crippen LogP contribution in [-0.4, -0.2) is 51.1 Å². The Morgan fingerprint density at radius 3 is 2.91 bits per heavy atom. The van der Waals surface area contributed by atoms with E-state index < -0.39 is 0 Å².